The molecule has 0 fully saturated rings. The molecule has 0 spiro atoms. The van der Waals surface area contributed by atoms with Crippen LogP contribution in [0.15, 0.2) is 53.5 Å². The molecule has 0 saturated carbocycles. The average Bonchev–Trinajstić information content (AvgIpc) is 2.84. The van der Waals surface area contributed by atoms with Gasteiger partial charge in [0.15, 0.2) is 0 Å². The minimum Gasteiger partial charge on any atom is -0.361 e. The fourth-order valence-electron chi connectivity index (χ4n) is 3.95. The number of rotatable bonds is 7. The number of carbonyl (C=O) groups excluding carboxylic acids is 1. The molecule has 4 aromatic rings. The lowest BCUT2D eigenvalue weighted by atomic mass is 10.1. The Kier molecular flexibility index (Phi) is 7.00. The molecule has 4 rings (SSSR count). The Morgan fingerprint density at radius 2 is 1.81 bits per heavy atom. The Balaban J connectivity index is 1.69. The van der Waals surface area contributed by atoms with Crippen LogP contribution in [-0.4, -0.2) is 51.9 Å². The minimum absolute atomic E-state index is 0.0355. The van der Waals surface area contributed by atoms with Crippen LogP contribution in [0.1, 0.15) is 35.7 Å². The number of nitrogens with one attached hydrogen (secondary N) is 2. The highest BCUT2D eigenvalue weighted by molar-refractivity contribution is 5.92. The highest BCUT2D eigenvalue weighted by Gasteiger charge is 2.15. The normalized spacial score (nSPS) is 11.8. The van der Waals surface area contributed by atoms with Gasteiger partial charge in [0.05, 0.1) is 29.4 Å². The van der Waals surface area contributed by atoms with E-state index in [1.807, 2.05) is 62.2 Å². The predicted octanol–water partition coefficient (Wildman–Crippen LogP) is 3.90. The van der Waals surface area contributed by atoms with E-state index in [1.165, 1.54) is 4.90 Å². The quantitative estimate of drug-likeness (QED) is 0.409. The lowest BCUT2D eigenvalue weighted by Crippen LogP contribution is -2.27. The van der Waals surface area contributed by atoms with Gasteiger partial charge in [-0.15, -0.1) is 0 Å². The maximum absolute atomic E-state index is 12.3. The van der Waals surface area contributed by atoms with Crippen molar-refractivity contribution in [2.45, 2.75) is 33.2 Å². The largest absolute Gasteiger partial charge is 0.361 e. The lowest BCUT2D eigenvalue weighted by molar-refractivity contribution is -0.127. The molecule has 2 N–H and O–H groups in total. The van der Waals surface area contributed by atoms with Crippen LogP contribution >= 0.6 is 0 Å². The number of anilines is 3. The number of pyridine rings is 2. The molecule has 186 valence electrons. The highest BCUT2D eigenvalue weighted by Crippen LogP contribution is 2.31. The maximum Gasteiger partial charge on any atom is 0.251 e. The zero-order valence-electron chi connectivity index (χ0n) is 21.5. The fraction of sp³-hybridized carbons (Fsp3) is 0.296. The Hall–Kier alpha value is -4.27. The molecule has 1 aromatic carbocycles. The number of hydrogen-bond donors (Lipinski definition) is 2. The molecule has 0 aliphatic rings. The molecule has 0 aliphatic carbocycles. The monoisotopic (exact) mass is 485 g/mol. The molecule has 0 radical (unpaired) electrons. The van der Waals surface area contributed by atoms with Crippen molar-refractivity contribution in [3.63, 3.8) is 0 Å². The van der Waals surface area contributed by atoms with E-state index >= 15 is 0 Å². The first-order valence-electron chi connectivity index (χ1n) is 11.8. The van der Waals surface area contributed by atoms with E-state index in [0.717, 1.165) is 39.5 Å². The molecule has 0 saturated heterocycles. The molecular formula is C27H31N7O2. The zero-order valence-corrected chi connectivity index (χ0v) is 21.5. The van der Waals surface area contributed by atoms with Gasteiger partial charge in [0.2, 0.25) is 5.91 Å². The molecule has 3 heterocycles. The van der Waals surface area contributed by atoms with Crippen molar-refractivity contribution >= 4 is 34.0 Å². The predicted molar refractivity (Wildman–Crippen MR) is 143 cm³/mol. The van der Waals surface area contributed by atoms with Gasteiger partial charge in [-0.05, 0) is 57.2 Å². The Morgan fingerprint density at radius 1 is 1.03 bits per heavy atom. The van der Waals surface area contributed by atoms with Gasteiger partial charge in [-0.25, -0.2) is 9.97 Å². The van der Waals surface area contributed by atoms with Crippen LogP contribution in [0.4, 0.5) is 17.2 Å². The van der Waals surface area contributed by atoms with Crippen LogP contribution in [0.2, 0.25) is 0 Å². The number of hydrogen-bond acceptors (Lipinski definition) is 7. The molecule has 1 atom stereocenters. The van der Waals surface area contributed by atoms with E-state index in [0.29, 0.717) is 11.4 Å². The topological polar surface area (TPSA) is 107 Å². The summed E-state index contributed by atoms with van der Waals surface area (Å²) >= 11 is 0. The van der Waals surface area contributed by atoms with Crippen LogP contribution in [0.3, 0.4) is 0 Å². The van der Waals surface area contributed by atoms with Crippen molar-refractivity contribution < 1.29 is 4.79 Å². The number of nitrogens with zero attached hydrogens (tertiary/aromatic N) is 5. The van der Waals surface area contributed by atoms with Crippen LogP contribution in [0, 0.1) is 13.8 Å². The summed E-state index contributed by atoms with van der Waals surface area (Å²) in [6.07, 6.45) is 1.68. The van der Waals surface area contributed by atoms with Crippen LogP contribution in [-0.2, 0) is 11.2 Å². The second-order valence-electron chi connectivity index (χ2n) is 9.13. The molecule has 9 nitrogen and oxygen atoms in total. The summed E-state index contributed by atoms with van der Waals surface area (Å²) in [6, 6.07) is 13.6. The van der Waals surface area contributed by atoms with Gasteiger partial charge in [0.1, 0.15) is 11.6 Å². The SMILES string of the molecule is Cc1cccc([C@@H](C)Nc2nc(C)nc3ccc(N(C)c4c[nH]c(=O)c(CC(=O)N(C)C)c4)cc23)n1. The number of aromatic amines is 1. The number of aryl methyl sites for hydroxylation is 2. The smallest absolute Gasteiger partial charge is 0.251 e. The Bertz CT molecular complexity index is 1480. The van der Waals surface area contributed by atoms with Gasteiger partial charge in [0.25, 0.3) is 5.56 Å². The van der Waals surface area contributed by atoms with Crippen molar-refractivity contribution in [3.05, 3.63) is 81.8 Å². The van der Waals surface area contributed by atoms with Crippen molar-refractivity contribution in [3.8, 4) is 0 Å². The van der Waals surface area contributed by atoms with Crippen molar-refractivity contribution in [1.82, 2.24) is 24.8 Å². The number of carbonyl (C=O) groups is 1. The van der Waals surface area contributed by atoms with Crippen LogP contribution in [0.5, 0.6) is 0 Å². The van der Waals surface area contributed by atoms with E-state index < -0.39 is 0 Å². The summed E-state index contributed by atoms with van der Waals surface area (Å²) in [4.78, 5) is 44.6. The molecule has 0 bridgehead atoms. The van der Waals surface area contributed by atoms with E-state index in [-0.39, 0.29) is 23.9 Å². The first-order chi connectivity index (χ1) is 17.1. The summed E-state index contributed by atoms with van der Waals surface area (Å²) in [7, 11) is 5.26. The molecule has 3 aromatic heterocycles. The number of fused-ring (bicyclic) bond motifs is 1. The van der Waals surface area contributed by atoms with Crippen molar-refractivity contribution in [1.29, 1.82) is 0 Å². The second kappa shape index (κ2) is 10.2. The van der Waals surface area contributed by atoms with E-state index in [9.17, 15) is 9.59 Å². The van der Waals surface area contributed by atoms with E-state index in [2.05, 4.69) is 32.2 Å². The number of aromatic nitrogens is 4. The number of benzene rings is 1. The second-order valence-corrected chi connectivity index (χ2v) is 9.13. The third kappa shape index (κ3) is 5.35. The maximum atomic E-state index is 12.3. The highest BCUT2D eigenvalue weighted by atomic mass is 16.2. The summed E-state index contributed by atoms with van der Waals surface area (Å²) in [5, 5.41) is 4.37. The third-order valence-corrected chi connectivity index (χ3v) is 6.08. The molecule has 9 heteroatoms. The third-order valence-electron chi connectivity index (χ3n) is 6.08. The van der Waals surface area contributed by atoms with Gasteiger partial charge < -0.3 is 20.1 Å². The summed E-state index contributed by atoms with van der Waals surface area (Å²) < 4.78 is 0. The number of amides is 1. The minimum atomic E-state index is -0.269. The number of H-pyrrole nitrogens is 1. The Morgan fingerprint density at radius 3 is 2.53 bits per heavy atom. The fourth-order valence-corrected chi connectivity index (χ4v) is 3.95. The van der Waals surface area contributed by atoms with Crippen molar-refractivity contribution in [2.24, 2.45) is 0 Å². The standard InChI is InChI=1S/C27H31N7O2/c1-16-8-7-9-23(29-16)17(2)30-26-22-14-20(10-11-24(22)31-18(3)32-26)34(6)21-12-19(27(36)28-15-21)13-25(35)33(4)5/h7-12,14-15,17H,13H2,1-6H3,(H,28,36)(H,30,31,32)/t17-/m1/s1. The van der Waals surface area contributed by atoms with E-state index in [4.69, 9.17) is 0 Å². The van der Waals surface area contributed by atoms with Gasteiger partial charge in [-0.3, -0.25) is 14.6 Å². The lowest BCUT2D eigenvalue weighted by Gasteiger charge is -2.22. The average molecular weight is 486 g/mol. The molecule has 1 amide bonds. The summed E-state index contributed by atoms with van der Waals surface area (Å²) in [5.41, 5.74) is 4.51. The zero-order chi connectivity index (χ0) is 26.0. The van der Waals surface area contributed by atoms with Gasteiger partial charge >= 0.3 is 0 Å². The molecular weight excluding hydrogens is 454 g/mol. The van der Waals surface area contributed by atoms with Crippen LogP contribution in [0.25, 0.3) is 10.9 Å². The van der Waals surface area contributed by atoms with Gasteiger partial charge in [-0.2, -0.15) is 0 Å². The van der Waals surface area contributed by atoms with Crippen LogP contribution < -0.4 is 15.8 Å². The first-order valence-corrected chi connectivity index (χ1v) is 11.8. The summed E-state index contributed by atoms with van der Waals surface area (Å²) in [6.45, 7) is 5.90. The summed E-state index contributed by atoms with van der Waals surface area (Å²) in [5.74, 6) is 1.26. The first kappa shape index (κ1) is 24.8. The van der Waals surface area contributed by atoms with Gasteiger partial charge in [-0.1, -0.05) is 6.07 Å². The molecule has 0 unspecified atom stereocenters. The molecule has 36 heavy (non-hydrogen) atoms. The number of likely N-dealkylation sites (N-methyl/N-ethyl adjacent to an activating group) is 1. The van der Waals surface area contributed by atoms with Gasteiger partial charge in [0, 0.05) is 49.7 Å². The molecule has 0 aliphatic heterocycles. The van der Waals surface area contributed by atoms with E-state index in [1.54, 1.807) is 26.4 Å². The van der Waals surface area contributed by atoms with Crippen molar-refractivity contribution in [2.75, 3.05) is 31.4 Å². The Labute approximate surface area is 210 Å².